The Bertz CT molecular complexity index is 1360. The van der Waals surface area contributed by atoms with Gasteiger partial charge in [0, 0.05) is 19.3 Å². The second kappa shape index (κ2) is 67.9. The number of ether oxygens (including phenoxy) is 3. The maximum absolute atomic E-state index is 12.9. The minimum atomic E-state index is -0.783. The maximum Gasteiger partial charge on any atom is 0.306 e. The zero-order valence-corrected chi connectivity index (χ0v) is 53.2. The van der Waals surface area contributed by atoms with Crippen LogP contribution in [-0.2, 0) is 28.6 Å². The first kappa shape index (κ1) is 76.4. The van der Waals surface area contributed by atoms with Crippen molar-refractivity contribution in [3.8, 4) is 0 Å². The fourth-order valence-corrected chi connectivity index (χ4v) is 10.5. The van der Waals surface area contributed by atoms with Crippen LogP contribution in [0.3, 0.4) is 0 Å². The van der Waals surface area contributed by atoms with Gasteiger partial charge in [0.15, 0.2) is 6.10 Å². The number of esters is 3. The number of allylic oxidation sites excluding steroid dienone is 8. The lowest BCUT2D eigenvalue weighted by Gasteiger charge is -2.18. The smallest absolute Gasteiger partial charge is 0.306 e. The van der Waals surface area contributed by atoms with Crippen molar-refractivity contribution < 1.29 is 28.6 Å². The molecule has 0 heterocycles. The van der Waals surface area contributed by atoms with Crippen molar-refractivity contribution in [1.82, 2.24) is 0 Å². The summed E-state index contributed by atoms with van der Waals surface area (Å²) < 4.78 is 16.9. The topological polar surface area (TPSA) is 78.9 Å². The predicted octanol–water partition coefficient (Wildman–Crippen LogP) is 24.1. The van der Waals surface area contributed by atoms with E-state index < -0.39 is 6.10 Å². The zero-order chi connectivity index (χ0) is 57.1. The van der Waals surface area contributed by atoms with Crippen LogP contribution in [0.25, 0.3) is 0 Å². The van der Waals surface area contributed by atoms with Crippen molar-refractivity contribution >= 4 is 17.9 Å². The second-order valence-electron chi connectivity index (χ2n) is 23.8. The van der Waals surface area contributed by atoms with Gasteiger partial charge in [-0.3, -0.25) is 14.4 Å². The third kappa shape index (κ3) is 66.1. The van der Waals surface area contributed by atoms with Crippen molar-refractivity contribution in [3.63, 3.8) is 0 Å². The number of hydrogen-bond donors (Lipinski definition) is 0. The van der Waals surface area contributed by atoms with E-state index in [9.17, 15) is 14.4 Å². The number of rotatable bonds is 65. The van der Waals surface area contributed by atoms with Crippen molar-refractivity contribution in [3.05, 3.63) is 48.6 Å². The molecule has 0 fully saturated rings. The van der Waals surface area contributed by atoms with E-state index >= 15 is 0 Å². The Morgan fingerprint density at radius 1 is 0.253 bits per heavy atom. The Morgan fingerprint density at radius 2 is 0.481 bits per heavy atom. The lowest BCUT2D eigenvalue weighted by atomic mass is 10.0. The molecule has 0 saturated carbocycles. The highest BCUT2D eigenvalue weighted by atomic mass is 16.6. The van der Waals surface area contributed by atoms with Crippen LogP contribution < -0.4 is 0 Å². The Hall–Kier alpha value is -2.63. The molecule has 79 heavy (non-hydrogen) atoms. The molecule has 0 bridgehead atoms. The molecule has 0 radical (unpaired) electrons. The van der Waals surface area contributed by atoms with Crippen LogP contribution in [0.1, 0.15) is 380 Å². The summed E-state index contributed by atoms with van der Waals surface area (Å²) in [5.41, 5.74) is 0. The van der Waals surface area contributed by atoms with Crippen LogP contribution in [-0.4, -0.2) is 37.2 Å². The molecule has 0 saturated heterocycles. The molecule has 0 aromatic heterocycles. The first-order valence-corrected chi connectivity index (χ1v) is 35.1. The van der Waals surface area contributed by atoms with E-state index in [1.807, 2.05) is 0 Å². The van der Waals surface area contributed by atoms with E-state index in [0.717, 1.165) is 96.3 Å². The molecule has 1 atom stereocenters. The largest absolute Gasteiger partial charge is 0.462 e. The minimum Gasteiger partial charge on any atom is -0.462 e. The SMILES string of the molecule is CCC/C=C\C/C=C\CCCCCCCC(=O)OCC(COC(=O)CCCCCCCCCCCCCCCCCCCCCCCCCCCCCCCCC)OC(=O)CCCCCCCCC/C=C\C/C=C\CCCCC. The lowest BCUT2D eigenvalue weighted by Crippen LogP contribution is -2.30. The fraction of sp³-hybridized carbons (Fsp3) is 0.849. The van der Waals surface area contributed by atoms with E-state index in [4.69, 9.17) is 14.2 Å². The molecule has 6 heteroatoms. The molecule has 0 N–H and O–H groups in total. The Morgan fingerprint density at radius 3 is 0.772 bits per heavy atom. The van der Waals surface area contributed by atoms with Gasteiger partial charge in [-0.2, -0.15) is 0 Å². The number of carbonyl (C=O) groups excluding carboxylic acids is 3. The summed E-state index contributed by atoms with van der Waals surface area (Å²) >= 11 is 0. The van der Waals surface area contributed by atoms with Gasteiger partial charge in [0.05, 0.1) is 0 Å². The Balaban J connectivity index is 4.14. The molecule has 0 aliphatic heterocycles. The van der Waals surface area contributed by atoms with Crippen molar-refractivity contribution in [1.29, 1.82) is 0 Å². The van der Waals surface area contributed by atoms with Crippen molar-refractivity contribution in [2.45, 2.75) is 386 Å². The summed E-state index contributed by atoms with van der Waals surface area (Å²) in [5.74, 6) is -0.879. The molecule has 6 nitrogen and oxygen atoms in total. The second-order valence-corrected chi connectivity index (χ2v) is 23.8. The average molecular weight is 1110 g/mol. The van der Waals surface area contributed by atoms with E-state index in [0.29, 0.717) is 19.3 Å². The van der Waals surface area contributed by atoms with Crippen LogP contribution in [0.2, 0.25) is 0 Å². The van der Waals surface area contributed by atoms with Gasteiger partial charge in [0.25, 0.3) is 0 Å². The van der Waals surface area contributed by atoms with Gasteiger partial charge in [0.2, 0.25) is 0 Å². The molecular weight excluding hydrogens is 973 g/mol. The van der Waals surface area contributed by atoms with Gasteiger partial charge in [-0.15, -0.1) is 0 Å². The van der Waals surface area contributed by atoms with Crippen LogP contribution in [0.15, 0.2) is 48.6 Å². The van der Waals surface area contributed by atoms with E-state index in [1.54, 1.807) is 0 Å². The molecule has 0 amide bonds. The number of unbranched alkanes of at least 4 members (excludes halogenated alkanes) is 46. The predicted molar refractivity (Wildman–Crippen MR) is 344 cm³/mol. The minimum absolute atomic E-state index is 0.0775. The Kier molecular flexibility index (Phi) is 65.6. The summed E-state index contributed by atoms with van der Waals surface area (Å²) in [6, 6.07) is 0. The molecule has 0 rings (SSSR count). The molecular formula is C73H134O6. The number of carbonyl (C=O) groups is 3. The van der Waals surface area contributed by atoms with E-state index in [-0.39, 0.29) is 31.1 Å². The molecule has 462 valence electrons. The van der Waals surface area contributed by atoms with Gasteiger partial charge < -0.3 is 14.2 Å². The van der Waals surface area contributed by atoms with Crippen LogP contribution in [0, 0.1) is 0 Å². The summed E-state index contributed by atoms with van der Waals surface area (Å²) in [6.07, 6.45) is 85.8. The fourth-order valence-electron chi connectivity index (χ4n) is 10.5. The van der Waals surface area contributed by atoms with Crippen LogP contribution >= 0.6 is 0 Å². The van der Waals surface area contributed by atoms with E-state index in [1.165, 1.54) is 244 Å². The average Bonchev–Trinajstić information content (AvgIpc) is 3.45. The third-order valence-electron chi connectivity index (χ3n) is 15.8. The first-order valence-electron chi connectivity index (χ1n) is 35.1. The summed E-state index contributed by atoms with van der Waals surface area (Å²) in [7, 11) is 0. The quantitative estimate of drug-likeness (QED) is 0.0261. The van der Waals surface area contributed by atoms with Crippen LogP contribution in [0.5, 0.6) is 0 Å². The normalized spacial score (nSPS) is 12.3. The third-order valence-corrected chi connectivity index (χ3v) is 15.8. The molecule has 0 aliphatic carbocycles. The molecule has 0 aliphatic rings. The van der Waals surface area contributed by atoms with Crippen LogP contribution in [0.4, 0.5) is 0 Å². The zero-order valence-electron chi connectivity index (χ0n) is 53.2. The highest BCUT2D eigenvalue weighted by Gasteiger charge is 2.19. The van der Waals surface area contributed by atoms with Crippen molar-refractivity contribution in [2.24, 2.45) is 0 Å². The Labute approximate surface area is 492 Å². The highest BCUT2D eigenvalue weighted by molar-refractivity contribution is 5.71. The summed E-state index contributed by atoms with van der Waals surface area (Å²) in [5, 5.41) is 0. The molecule has 1 unspecified atom stereocenters. The molecule has 0 spiro atoms. The van der Waals surface area contributed by atoms with Gasteiger partial charge in [-0.05, 0) is 77.0 Å². The molecule has 0 aromatic rings. The van der Waals surface area contributed by atoms with E-state index in [2.05, 4.69) is 69.4 Å². The monoisotopic (exact) mass is 1110 g/mol. The lowest BCUT2D eigenvalue weighted by molar-refractivity contribution is -0.167. The first-order chi connectivity index (χ1) is 39.0. The highest BCUT2D eigenvalue weighted by Crippen LogP contribution is 2.18. The summed E-state index contributed by atoms with van der Waals surface area (Å²) in [6.45, 7) is 6.59. The van der Waals surface area contributed by atoms with Gasteiger partial charge in [0.1, 0.15) is 13.2 Å². The van der Waals surface area contributed by atoms with Gasteiger partial charge in [-0.1, -0.05) is 333 Å². The summed E-state index contributed by atoms with van der Waals surface area (Å²) in [4.78, 5) is 38.3. The van der Waals surface area contributed by atoms with Gasteiger partial charge >= 0.3 is 17.9 Å². The van der Waals surface area contributed by atoms with Gasteiger partial charge in [-0.25, -0.2) is 0 Å². The number of hydrogen-bond acceptors (Lipinski definition) is 6. The standard InChI is InChI=1S/C73H134O6/c1-4-7-10-13-16-19-22-25-27-29-30-31-32-33-34-35-36-37-38-39-40-41-42-44-45-48-51-54-57-60-63-66-72(75)78-69-70(68-77-71(74)65-62-59-56-53-50-47-24-21-18-15-12-9-6-3)79-73(76)67-64-61-58-55-52-49-46-43-28-26-23-20-17-14-11-8-5-2/h12,15,17,20-21,24,26,28,70H,4-11,13-14,16,18-19,22-23,25,27,29-69H2,1-3H3/b15-12-,20-17-,24-21-,28-26-. The maximum atomic E-state index is 12.9. The molecule has 0 aromatic carbocycles. The van der Waals surface area contributed by atoms with Crippen molar-refractivity contribution in [2.75, 3.05) is 13.2 Å².